The number of rotatable bonds is 5. The first kappa shape index (κ1) is 15.3. The molecular weight excluding hydrogens is 290 g/mol. The van der Waals surface area contributed by atoms with Gasteiger partial charge in [-0.3, -0.25) is 10.6 Å². The SMILES string of the molecule is NNc1ccc(Cl)cc1C(=O)Nc1ccc(CCO)cc1. The molecule has 0 bridgehead atoms. The van der Waals surface area contributed by atoms with Gasteiger partial charge in [0.2, 0.25) is 0 Å². The maximum absolute atomic E-state index is 12.3. The molecular formula is C15H16ClN3O2. The smallest absolute Gasteiger partial charge is 0.257 e. The molecule has 2 aromatic rings. The third kappa shape index (κ3) is 3.95. The molecule has 0 saturated heterocycles. The number of hydrogen-bond donors (Lipinski definition) is 4. The van der Waals surface area contributed by atoms with Crippen molar-refractivity contribution in [3.05, 3.63) is 58.6 Å². The third-order valence-corrected chi connectivity index (χ3v) is 3.23. The lowest BCUT2D eigenvalue weighted by Crippen LogP contribution is -2.17. The van der Waals surface area contributed by atoms with Gasteiger partial charge in [0.1, 0.15) is 0 Å². The number of nitrogens with two attached hydrogens (primary N) is 1. The fourth-order valence-electron chi connectivity index (χ4n) is 1.91. The molecule has 0 unspecified atom stereocenters. The lowest BCUT2D eigenvalue weighted by molar-refractivity contribution is 0.102. The number of halogens is 1. The van der Waals surface area contributed by atoms with Gasteiger partial charge in [-0.25, -0.2) is 0 Å². The average molecular weight is 306 g/mol. The molecule has 6 heteroatoms. The number of hydrogen-bond acceptors (Lipinski definition) is 4. The molecule has 110 valence electrons. The molecule has 0 spiro atoms. The van der Waals surface area contributed by atoms with Crippen LogP contribution in [0.3, 0.4) is 0 Å². The molecule has 5 nitrogen and oxygen atoms in total. The maximum atomic E-state index is 12.3. The van der Waals surface area contributed by atoms with E-state index in [1.54, 1.807) is 30.3 Å². The van der Waals surface area contributed by atoms with Crippen LogP contribution in [0.15, 0.2) is 42.5 Å². The van der Waals surface area contributed by atoms with E-state index in [-0.39, 0.29) is 12.5 Å². The molecule has 0 fully saturated rings. The van der Waals surface area contributed by atoms with Crippen molar-refractivity contribution in [3.63, 3.8) is 0 Å². The van der Waals surface area contributed by atoms with E-state index in [4.69, 9.17) is 22.6 Å². The van der Waals surface area contributed by atoms with Crippen LogP contribution in [0, 0.1) is 0 Å². The summed E-state index contributed by atoms with van der Waals surface area (Å²) in [5.74, 6) is 5.08. The van der Waals surface area contributed by atoms with Crippen molar-refractivity contribution in [2.24, 2.45) is 5.84 Å². The Labute approximate surface area is 127 Å². The van der Waals surface area contributed by atoms with Crippen molar-refractivity contribution in [3.8, 4) is 0 Å². The summed E-state index contributed by atoms with van der Waals surface area (Å²) in [5.41, 5.74) is 4.99. The van der Waals surface area contributed by atoms with Crippen molar-refractivity contribution in [2.75, 3.05) is 17.3 Å². The topological polar surface area (TPSA) is 87.4 Å². The zero-order valence-electron chi connectivity index (χ0n) is 11.3. The number of carbonyl (C=O) groups excluding carboxylic acids is 1. The van der Waals surface area contributed by atoms with E-state index < -0.39 is 0 Å². The Morgan fingerprint density at radius 1 is 1.19 bits per heavy atom. The van der Waals surface area contributed by atoms with Crippen LogP contribution in [0.25, 0.3) is 0 Å². The Kier molecular flexibility index (Phi) is 5.16. The van der Waals surface area contributed by atoms with Gasteiger partial charge in [-0.2, -0.15) is 0 Å². The minimum absolute atomic E-state index is 0.0970. The van der Waals surface area contributed by atoms with Gasteiger partial charge in [-0.1, -0.05) is 23.7 Å². The largest absolute Gasteiger partial charge is 0.396 e. The summed E-state index contributed by atoms with van der Waals surface area (Å²) < 4.78 is 0. The molecule has 0 radical (unpaired) electrons. The summed E-state index contributed by atoms with van der Waals surface area (Å²) in [5, 5.41) is 12.1. The fourth-order valence-corrected chi connectivity index (χ4v) is 2.08. The molecule has 2 aromatic carbocycles. The highest BCUT2D eigenvalue weighted by Crippen LogP contribution is 2.21. The molecule has 0 aliphatic carbocycles. The van der Waals surface area contributed by atoms with Gasteiger partial charge in [-0.15, -0.1) is 0 Å². The van der Waals surface area contributed by atoms with E-state index in [1.165, 1.54) is 0 Å². The second-order valence-corrected chi connectivity index (χ2v) is 4.90. The first-order valence-corrected chi connectivity index (χ1v) is 6.79. The minimum Gasteiger partial charge on any atom is -0.396 e. The van der Waals surface area contributed by atoms with Gasteiger partial charge < -0.3 is 15.8 Å². The molecule has 0 heterocycles. The Morgan fingerprint density at radius 2 is 1.90 bits per heavy atom. The van der Waals surface area contributed by atoms with Crippen LogP contribution in [0.5, 0.6) is 0 Å². The number of aliphatic hydroxyl groups is 1. The van der Waals surface area contributed by atoms with Crippen molar-refractivity contribution in [1.82, 2.24) is 0 Å². The Bertz CT molecular complexity index is 629. The van der Waals surface area contributed by atoms with Gasteiger partial charge in [0.05, 0.1) is 11.3 Å². The number of nitrogens with one attached hydrogen (secondary N) is 2. The third-order valence-electron chi connectivity index (χ3n) is 2.99. The average Bonchev–Trinajstić information content (AvgIpc) is 2.49. The normalized spacial score (nSPS) is 10.2. The van der Waals surface area contributed by atoms with Crippen molar-refractivity contribution in [1.29, 1.82) is 0 Å². The molecule has 0 atom stereocenters. The van der Waals surface area contributed by atoms with E-state index in [0.29, 0.717) is 28.4 Å². The standard InChI is InChI=1S/C15H16ClN3O2/c16-11-3-6-14(19-17)13(9-11)15(21)18-12-4-1-10(2-5-12)7-8-20/h1-6,9,19-20H,7-8,17H2,(H,18,21). The first-order chi connectivity index (χ1) is 10.1. The number of anilines is 2. The highest BCUT2D eigenvalue weighted by molar-refractivity contribution is 6.31. The van der Waals surface area contributed by atoms with Crippen LogP contribution in [0.4, 0.5) is 11.4 Å². The second kappa shape index (κ2) is 7.08. The number of hydrazine groups is 1. The van der Waals surface area contributed by atoms with Gasteiger partial charge >= 0.3 is 0 Å². The predicted molar refractivity (Wildman–Crippen MR) is 84.4 cm³/mol. The second-order valence-electron chi connectivity index (χ2n) is 4.46. The summed E-state index contributed by atoms with van der Waals surface area (Å²) in [6.07, 6.45) is 0.587. The summed E-state index contributed by atoms with van der Waals surface area (Å²) >= 11 is 5.90. The number of nitrogen functional groups attached to an aromatic ring is 1. The molecule has 21 heavy (non-hydrogen) atoms. The highest BCUT2D eigenvalue weighted by atomic mass is 35.5. The van der Waals surface area contributed by atoms with Crippen LogP contribution >= 0.6 is 11.6 Å². The number of benzene rings is 2. The number of carbonyl (C=O) groups is 1. The number of amides is 1. The summed E-state index contributed by atoms with van der Waals surface area (Å²) in [4.78, 5) is 12.3. The van der Waals surface area contributed by atoms with Gasteiger partial charge in [0, 0.05) is 17.3 Å². The minimum atomic E-state index is -0.305. The monoisotopic (exact) mass is 305 g/mol. The fraction of sp³-hybridized carbons (Fsp3) is 0.133. The van der Waals surface area contributed by atoms with Gasteiger partial charge in [0.25, 0.3) is 5.91 Å². The Morgan fingerprint density at radius 3 is 2.52 bits per heavy atom. The molecule has 2 rings (SSSR count). The lowest BCUT2D eigenvalue weighted by atomic mass is 10.1. The zero-order chi connectivity index (χ0) is 15.2. The van der Waals surface area contributed by atoms with Crippen LogP contribution in [-0.4, -0.2) is 17.6 Å². The predicted octanol–water partition coefficient (Wildman–Crippen LogP) is 2.41. The van der Waals surface area contributed by atoms with Gasteiger partial charge in [0.15, 0.2) is 0 Å². The van der Waals surface area contributed by atoms with Crippen LogP contribution in [-0.2, 0) is 6.42 Å². The van der Waals surface area contributed by atoms with Crippen molar-refractivity contribution in [2.45, 2.75) is 6.42 Å². The Hall–Kier alpha value is -2.08. The zero-order valence-corrected chi connectivity index (χ0v) is 12.0. The molecule has 1 amide bonds. The van der Waals surface area contributed by atoms with Crippen LogP contribution < -0.4 is 16.6 Å². The summed E-state index contributed by atoms with van der Waals surface area (Å²) in [6, 6.07) is 12.1. The molecule has 0 aromatic heterocycles. The lowest BCUT2D eigenvalue weighted by Gasteiger charge is -2.10. The molecule has 5 N–H and O–H groups in total. The number of aliphatic hydroxyl groups excluding tert-OH is 1. The quantitative estimate of drug-likeness (QED) is 0.504. The summed E-state index contributed by atoms with van der Waals surface area (Å²) in [6.45, 7) is 0.0970. The van der Waals surface area contributed by atoms with E-state index in [0.717, 1.165) is 5.56 Å². The molecule has 0 aliphatic heterocycles. The van der Waals surface area contributed by atoms with Crippen LogP contribution in [0.2, 0.25) is 5.02 Å². The van der Waals surface area contributed by atoms with E-state index in [1.807, 2.05) is 12.1 Å². The Balaban J connectivity index is 2.15. The van der Waals surface area contributed by atoms with Gasteiger partial charge in [-0.05, 0) is 42.3 Å². The first-order valence-electron chi connectivity index (χ1n) is 6.41. The van der Waals surface area contributed by atoms with E-state index in [9.17, 15) is 4.79 Å². The van der Waals surface area contributed by atoms with Crippen LogP contribution in [0.1, 0.15) is 15.9 Å². The van der Waals surface area contributed by atoms with E-state index in [2.05, 4.69) is 10.7 Å². The highest BCUT2D eigenvalue weighted by Gasteiger charge is 2.12. The maximum Gasteiger partial charge on any atom is 0.257 e. The van der Waals surface area contributed by atoms with Crippen molar-refractivity contribution < 1.29 is 9.90 Å². The summed E-state index contributed by atoms with van der Waals surface area (Å²) in [7, 11) is 0. The van der Waals surface area contributed by atoms with Crippen molar-refractivity contribution >= 4 is 28.9 Å². The van der Waals surface area contributed by atoms with E-state index >= 15 is 0 Å². The molecule has 0 aliphatic rings. The molecule has 0 saturated carbocycles.